The minimum Gasteiger partial charge on any atom is -0.497 e. The molecule has 2 aromatic carbocycles. The molecule has 0 aromatic heterocycles. The van der Waals surface area contributed by atoms with Crippen molar-refractivity contribution in [3.63, 3.8) is 0 Å². The van der Waals surface area contributed by atoms with E-state index in [9.17, 15) is 9.18 Å². The van der Waals surface area contributed by atoms with Crippen LogP contribution in [-0.2, 0) is 4.79 Å². The fourth-order valence-electron chi connectivity index (χ4n) is 2.02. The maximum atomic E-state index is 13.7. The molecule has 23 heavy (non-hydrogen) atoms. The predicted molar refractivity (Wildman–Crippen MR) is 87.8 cm³/mol. The van der Waals surface area contributed by atoms with E-state index in [-0.39, 0.29) is 24.0 Å². The zero-order valence-corrected chi connectivity index (χ0v) is 13.3. The van der Waals surface area contributed by atoms with E-state index in [1.165, 1.54) is 20.3 Å². The van der Waals surface area contributed by atoms with Gasteiger partial charge in [0.1, 0.15) is 17.3 Å². The Hall–Kier alpha value is -2.76. The number of hydrogen-bond donors (Lipinski definition) is 2. The van der Waals surface area contributed by atoms with E-state index in [1.54, 1.807) is 37.3 Å². The maximum absolute atomic E-state index is 13.7. The molecule has 1 amide bonds. The summed E-state index contributed by atoms with van der Waals surface area (Å²) in [6, 6.07) is 9.84. The fraction of sp³-hybridized carbons (Fsp3) is 0.235. The number of methoxy groups -OCH3 is 2. The molecule has 0 fully saturated rings. The summed E-state index contributed by atoms with van der Waals surface area (Å²) in [4.78, 5) is 12.0. The molecule has 0 saturated carbocycles. The van der Waals surface area contributed by atoms with Gasteiger partial charge in [0.25, 0.3) is 0 Å². The first kappa shape index (κ1) is 16.6. The van der Waals surface area contributed by atoms with Crippen molar-refractivity contribution in [2.45, 2.75) is 6.92 Å². The Balaban J connectivity index is 1.99. The van der Waals surface area contributed by atoms with Crippen LogP contribution in [0.1, 0.15) is 5.56 Å². The lowest BCUT2D eigenvalue weighted by molar-refractivity contribution is -0.114. The summed E-state index contributed by atoms with van der Waals surface area (Å²) >= 11 is 0. The van der Waals surface area contributed by atoms with Crippen LogP contribution in [0.5, 0.6) is 11.5 Å². The Morgan fingerprint density at radius 2 is 1.74 bits per heavy atom. The number of anilines is 2. The topological polar surface area (TPSA) is 59.6 Å². The molecule has 0 radical (unpaired) electrons. The first-order chi connectivity index (χ1) is 11.0. The highest BCUT2D eigenvalue weighted by Crippen LogP contribution is 2.25. The van der Waals surface area contributed by atoms with Gasteiger partial charge in [-0.2, -0.15) is 0 Å². The van der Waals surface area contributed by atoms with Gasteiger partial charge in [0.15, 0.2) is 0 Å². The van der Waals surface area contributed by atoms with Gasteiger partial charge in [0.05, 0.1) is 26.5 Å². The van der Waals surface area contributed by atoms with E-state index in [2.05, 4.69) is 10.6 Å². The van der Waals surface area contributed by atoms with Crippen molar-refractivity contribution in [3.05, 3.63) is 47.8 Å². The molecular formula is C17H19FN2O3. The second-order valence-corrected chi connectivity index (χ2v) is 4.99. The predicted octanol–water partition coefficient (Wildman–Crippen LogP) is 3.20. The number of carbonyl (C=O) groups is 1. The number of ether oxygens (including phenoxy) is 2. The minimum absolute atomic E-state index is 0.0560. The van der Waals surface area contributed by atoms with Gasteiger partial charge >= 0.3 is 0 Å². The lowest BCUT2D eigenvalue weighted by Crippen LogP contribution is -2.22. The van der Waals surface area contributed by atoms with Crippen molar-refractivity contribution in [2.24, 2.45) is 0 Å². The molecule has 0 aliphatic heterocycles. The number of hydrogen-bond acceptors (Lipinski definition) is 4. The highest BCUT2D eigenvalue weighted by Gasteiger charge is 2.08. The number of nitrogens with one attached hydrogen (secondary N) is 2. The summed E-state index contributed by atoms with van der Waals surface area (Å²) in [5.41, 5.74) is 1.65. The van der Waals surface area contributed by atoms with Gasteiger partial charge in [-0.1, -0.05) is 6.07 Å². The zero-order valence-electron chi connectivity index (χ0n) is 13.3. The first-order valence-corrected chi connectivity index (χ1v) is 7.05. The lowest BCUT2D eigenvalue weighted by Gasteiger charge is -2.11. The van der Waals surface area contributed by atoms with E-state index in [0.717, 1.165) is 5.56 Å². The number of rotatable bonds is 6. The highest BCUT2D eigenvalue weighted by molar-refractivity contribution is 5.94. The summed E-state index contributed by atoms with van der Waals surface area (Å²) in [5.74, 6) is 0.440. The number of aryl methyl sites for hydroxylation is 1. The van der Waals surface area contributed by atoms with Crippen molar-refractivity contribution in [1.82, 2.24) is 0 Å². The van der Waals surface area contributed by atoms with Crippen molar-refractivity contribution < 1.29 is 18.7 Å². The molecule has 6 heteroatoms. The van der Waals surface area contributed by atoms with Crippen LogP contribution in [0, 0.1) is 12.7 Å². The quantitative estimate of drug-likeness (QED) is 0.859. The third-order valence-corrected chi connectivity index (χ3v) is 3.20. The minimum atomic E-state index is -0.388. The van der Waals surface area contributed by atoms with Crippen LogP contribution in [-0.4, -0.2) is 26.7 Å². The molecule has 122 valence electrons. The maximum Gasteiger partial charge on any atom is 0.243 e. The van der Waals surface area contributed by atoms with Crippen LogP contribution < -0.4 is 20.1 Å². The number of halogens is 1. The Kier molecular flexibility index (Phi) is 5.41. The molecule has 0 aliphatic carbocycles. The molecule has 0 atom stereocenters. The molecule has 0 spiro atoms. The summed E-state index contributed by atoms with van der Waals surface area (Å²) in [7, 11) is 3.06. The summed E-state index contributed by atoms with van der Waals surface area (Å²) in [6.45, 7) is 1.75. The van der Waals surface area contributed by atoms with E-state index < -0.39 is 0 Å². The van der Waals surface area contributed by atoms with Crippen molar-refractivity contribution in [2.75, 3.05) is 31.4 Å². The molecule has 0 aliphatic rings. The number of carbonyl (C=O) groups excluding carboxylic acids is 1. The van der Waals surface area contributed by atoms with E-state index >= 15 is 0 Å². The van der Waals surface area contributed by atoms with Gasteiger partial charge in [-0.05, 0) is 24.6 Å². The number of amides is 1. The largest absolute Gasteiger partial charge is 0.497 e. The van der Waals surface area contributed by atoms with Gasteiger partial charge in [0.2, 0.25) is 5.91 Å². The Labute approximate surface area is 134 Å². The Morgan fingerprint density at radius 3 is 2.30 bits per heavy atom. The molecule has 0 unspecified atom stereocenters. The smallest absolute Gasteiger partial charge is 0.243 e. The fourth-order valence-corrected chi connectivity index (χ4v) is 2.02. The van der Waals surface area contributed by atoms with Gasteiger partial charge in [0, 0.05) is 23.9 Å². The summed E-state index contributed by atoms with van der Waals surface area (Å²) in [5, 5.41) is 5.48. The van der Waals surface area contributed by atoms with Crippen LogP contribution in [0.4, 0.5) is 15.8 Å². The van der Waals surface area contributed by atoms with Crippen LogP contribution in [0.25, 0.3) is 0 Å². The van der Waals surface area contributed by atoms with Crippen molar-refractivity contribution in [1.29, 1.82) is 0 Å². The van der Waals surface area contributed by atoms with E-state index in [4.69, 9.17) is 9.47 Å². The van der Waals surface area contributed by atoms with Crippen LogP contribution >= 0.6 is 0 Å². The van der Waals surface area contributed by atoms with Crippen molar-refractivity contribution in [3.8, 4) is 11.5 Å². The standard InChI is InChI=1S/C17H19FN2O3/c1-11-4-5-16(15(18)6-11)19-10-17(21)20-12-7-13(22-2)9-14(8-12)23-3/h4-9,19H,10H2,1-3H3,(H,20,21). The highest BCUT2D eigenvalue weighted by atomic mass is 19.1. The third-order valence-electron chi connectivity index (χ3n) is 3.20. The van der Waals surface area contributed by atoms with E-state index in [1.807, 2.05) is 0 Å². The summed E-state index contributed by atoms with van der Waals surface area (Å²) < 4.78 is 24.0. The molecule has 0 heterocycles. The van der Waals surface area contributed by atoms with Gasteiger partial charge < -0.3 is 20.1 Å². The van der Waals surface area contributed by atoms with Crippen LogP contribution in [0.3, 0.4) is 0 Å². The molecule has 2 aromatic rings. The molecule has 2 rings (SSSR count). The Morgan fingerprint density at radius 1 is 1.09 bits per heavy atom. The van der Waals surface area contributed by atoms with Crippen molar-refractivity contribution >= 4 is 17.3 Å². The Bertz CT molecular complexity index is 682. The van der Waals surface area contributed by atoms with Gasteiger partial charge in [-0.15, -0.1) is 0 Å². The zero-order chi connectivity index (χ0) is 16.8. The normalized spacial score (nSPS) is 10.1. The lowest BCUT2D eigenvalue weighted by atomic mass is 10.2. The van der Waals surface area contributed by atoms with E-state index in [0.29, 0.717) is 17.2 Å². The average molecular weight is 318 g/mol. The molecular weight excluding hydrogens is 299 g/mol. The second kappa shape index (κ2) is 7.49. The van der Waals surface area contributed by atoms with Gasteiger partial charge in [-0.25, -0.2) is 4.39 Å². The number of benzene rings is 2. The van der Waals surface area contributed by atoms with Gasteiger partial charge in [-0.3, -0.25) is 4.79 Å². The first-order valence-electron chi connectivity index (χ1n) is 7.05. The third kappa shape index (κ3) is 4.60. The SMILES string of the molecule is COc1cc(NC(=O)CNc2ccc(C)cc2F)cc(OC)c1. The molecule has 0 saturated heterocycles. The molecule has 5 nitrogen and oxygen atoms in total. The molecule has 0 bridgehead atoms. The molecule has 2 N–H and O–H groups in total. The average Bonchev–Trinajstić information content (AvgIpc) is 2.53. The monoisotopic (exact) mass is 318 g/mol. The second-order valence-electron chi connectivity index (χ2n) is 4.99. The summed E-state index contributed by atoms with van der Waals surface area (Å²) in [6.07, 6.45) is 0. The van der Waals surface area contributed by atoms with Crippen LogP contribution in [0.2, 0.25) is 0 Å². The van der Waals surface area contributed by atoms with Crippen LogP contribution in [0.15, 0.2) is 36.4 Å².